The third-order valence-electron chi connectivity index (χ3n) is 17.7. The minimum Gasteiger partial charge on any atom is -0.494 e. The van der Waals surface area contributed by atoms with Gasteiger partial charge in [0.15, 0.2) is 5.78 Å². The third-order valence-corrected chi connectivity index (χ3v) is 17.7. The summed E-state index contributed by atoms with van der Waals surface area (Å²) in [4.78, 5) is 56.2. The number of aliphatic hydroxyl groups excluding tert-OH is 2. The molecule has 1 heterocycles. The molecule has 1 aromatic carbocycles. The van der Waals surface area contributed by atoms with Crippen LogP contribution in [0.1, 0.15) is 201 Å². The Hall–Kier alpha value is -3.37. The van der Waals surface area contributed by atoms with E-state index in [1.54, 1.807) is 16.7 Å². The smallest absolute Gasteiger partial charge is 0.306 e. The zero-order valence-electron chi connectivity index (χ0n) is 42.9. The van der Waals surface area contributed by atoms with Gasteiger partial charge in [0, 0.05) is 51.3 Å². The van der Waals surface area contributed by atoms with Crippen LogP contribution in [0, 0.1) is 46.3 Å². The lowest BCUT2D eigenvalue weighted by Gasteiger charge is -2.58. The molecule has 0 spiro atoms. The minimum atomic E-state index is -0.553. The van der Waals surface area contributed by atoms with Gasteiger partial charge in [-0.15, -0.1) is 0 Å². The summed E-state index contributed by atoms with van der Waals surface area (Å²) in [5, 5.41) is 19.2. The minimum absolute atomic E-state index is 0.00802. The lowest BCUT2D eigenvalue weighted by Crippen LogP contribution is -2.51. The Balaban J connectivity index is 0.774. The maximum absolute atomic E-state index is 13.0. The molecule has 4 fully saturated rings. The van der Waals surface area contributed by atoms with E-state index < -0.39 is 6.10 Å². The van der Waals surface area contributed by atoms with Gasteiger partial charge in [0.1, 0.15) is 17.6 Å². The zero-order chi connectivity index (χ0) is 48.7. The molecule has 0 aromatic heterocycles. The predicted molar refractivity (Wildman–Crippen MR) is 271 cm³/mol. The number of β-amino-alcohol motifs (C(OH)–C–C–N with tert-alkyl or cyclic N) is 1. The average molecular weight is 943 g/mol. The second kappa shape index (κ2) is 26.2. The van der Waals surface area contributed by atoms with Crippen molar-refractivity contribution >= 4 is 29.7 Å². The van der Waals surface area contributed by atoms with Crippen LogP contribution in [0.4, 0.5) is 0 Å². The molecule has 10 atom stereocenters. The summed E-state index contributed by atoms with van der Waals surface area (Å²) in [6.07, 6.45) is 26.7. The highest BCUT2D eigenvalue weighted by atomic mass is 16.5. The van der Waals surface area contributed by atoms with Crippen LogP contribution in [-0.2, 0) is 23.9 Å². The number of allylic oxidation sites excluding steroid dienone is 1. The van der Waals surface area contributed by atoms with E-state index in [9.17, 15) is 29.4 Å². The zero-order valence-corrected chi connectivity index (χ0v) is 42.9. The summed E-state index contributed by atoms with van der Waals surface area (Å²) in [5.74, 6) is 5.88. The first-order valence-corrected chi connectivity index (χ1v) is 27.4. The SMILES string of the molecule is CC(C)CCC[C@@H](C)[C@H]1CCC2C3CC=C4C[C@@H](OC(=O)CCCCCC(=O)CN=Cc5ccc(OCCCC(=O)CCCCCCC(=O)N6C[C@H](O)C[C@H]6CO)cc5)CC[C@]4(C)C3CC[C@@]21C. The lowest BCUT2D eigenvalue weighted by atomic mass is 9.47. The van der Waals surface area contributed by atoms with Crippen LogP contribution in [0.5, 0.6) is 5.75 Å². The number of rotatable bonds is 28. The Labute approximate surface area is 410 Å². The number of fused-ring (bicyclic) bond motifs is 5. The van der Waals surface area contributed by atoms with E-state index in [0.29, 0.717) is 63.5 Å². The van der Waals surface area contributed by atoms with Crippen molar-refractivity contribution in [1.82, 2.24) is 4.90 Å². The Morgan fingerprint density at radius 1 is 0.809 bits per heavy atom. The number of esters is 1. The molecule has 3 saturated carbocycles. The molecule has 10 heteroatoms. The molecule has 68 heavy (non-hydrogen) atoms. The Kier molecular flexibility index (Phi) is 20.8. The van der Waals surface area contributed by atoms with Crippen LogP contribution >= 0.6 is 0 Å². The molecule has 0 radical (unpaired) electrons. The van der Waals surface area contributed by atoms with Crippen LogP contribution in [0.3, 0.4) is 0 Å². The number of likely N-dealkylation sites (tertiary alicyclic amines) is 1. The van der Waals surface area contributed by atoms with Crippen molar-refractivity contribution in [2.75, 3.05) is 26.3 Å². The van der Waals surface area contributed by atoms with Crippen LogP contribution < -0.4 is 4.74 Å². The number of unbranched alkanes of at least 4 members (excludes halogenated alkanes) is 5. The molecular formula is C58H90N2O8. The number of nitrogens with zero attached hydrogens (tertiary/aromatic N) is 2. The van der Waals surface area contributed by atoms with Crippen molar-refractivity contribution in [2.45, 2.75) is 213 Å². The summed E-state index contributed by atoms with van der Waals surface area (Å²) < 4.78 is 11.9. The number of hydrogen-bond donors (Lipinski definition) is 2. The number of amides is 1. The monoisotopic (exact) mass is 943 g/mol. The van der Waals surface area contributed by atoms with Gasteiger partial charge >= 0.3 is 5.97 Å². The normalized spacial score (nSPS) is 29.3. The number of carbonyl (C=O) groups is 4. The Morgan fingerprint density at radius 3 is 2.26 bits per heavy atom. The van der Waals surface area contributed by atoms with Gasteiger partial charge in [-0.05, 0) is 160 Å². The molecule has 2 N–H and O–H groups in total. The summed E-state index contributed by atoms with van der Waals surface area (Å²) in [6, 6.07) is 7.27. The average Bonchev–Trinajstić information content (AvgIpc) is 3.88. The highest BCUT2D eigenvalue weighted by Gasteiger charge is 2.59. The number of Topliss-reactive ketones (excluding diaryl/α,β-unsaturated/α-hetero) is 2. The van der Waals surface area contributed by atoms with Crippen molar-refractivity contribution < 1.29 is 38.9 Å². The van der Waals surface area contributed by atoms with Crippen molar-refractivity contribution in [3.05, 3.63) is 41.5 Å². The van der Waals surface area contributed by atoms with E-state index in [2.05, 4.69) is 45.7 Å². The molecule has 1 aromatic rings. The molecule has 3 unspecified atom stereocenters. The van der Waals surface area contributed by atoms with Crippen molar-refractivity contribution in [2.24, 2.45) is 51.3 Å². The third kappa shape index (κ3) is 14.8. The highest BCUT2D eigenvalue weighted by Crippen LogP contribution is 2.67. The van der Waals surface area contributed by atoms with E-state index in [4.69, 9.17) is 9.47 Å². The molecular weight excluding hydrogens is 853 g/mol. The van der Waals surface area contributed by atoms with Gasteiger partial charge in [0.25, 0.3) is 0 Å². The Morgan fingerprint density at radius 2 is 1.51 bits per heavy atom. The molecule has 0 bridgehead atoms. The maximum Gasteiger partial charge on any atom is 0.306 e. The number of hydrogen-bond acceptors (Lipinski definition) is 9. The molecule has 1 aliphatic heterocycles. The van der Waals surface area contributed by atoms with E-state index in [1.807, 2.05) is 24.3 Å². The van der Waals surface area contributed by atoms with Crippen molar-refractivity contribution in [3.8, 4) is 5.75 Å². The first kappa shape index (κ1) is 54.0. The number of ether oxygens (including phenoxy) is 2. The van der Waals surface area contributed by atoms with Gasteiger partial charge < -0.3 is 24.6 Å². The fourth-order valence-electron chi connectivity index (χ4n) is 13.8. The van der Waals surface area contributed by atoms with Crippen LogP contribution in [0.15, 0.2) is 40.9 Å². The number of aliphatic imine (C=N–C) groups is 1. The second-order valence-electron chi connectivity index (χ2n) is 23.0. The van der Waals surface area contributed by atoms with Gasteiger partial charge in [0.2, 0.25) is 5.91 Å². The van der Waals surface area contributed by atoms with Gasteiger partial charge in [-0.3, -0.25) is 24.2 Å². The first-order chi connectivity index (χ1) is 32.7. The van der Waals surface area contributed by atoms with Gasteiger partial charge in [-0.1, -0.05) is 84.8 Å². The van der Waals surface area contributed by atoms with E-state index in [0.717, 1.165) is 111 Å². The lowest BCUT2D eigenvalue weighted by molar-refractivity contribution is -0.151. The molecule has 6 rings (SSSR count). The fourth-order valence-corrected chi connectivity index (χ4v) is 13.8. The van der Waals surface area contributed by atoms with E-state index in [-0.39, 0.29) is 54.2 Å². The molecule has 10 nitrogen and oxygen atoms in total. The topological polar surface area (TPSA) is 143 Å². The number of benzene rings is 1. The quantitative estimate of drug-likeness (QED) is 0.0366. The summed E-state index contributed by atoms with van der Waals surface area (Å²) >= 11 is 0. The van der Waals surface area contributed by atoms with Crippen molar-refractivity contribution in [1.29, 1.82) is 0 Å². The molecule has 380 valence electrons. The number of carbonyl (C=O) groups excluding carboxylic acids is 4. The standard InChI is InChI=1S/C58H90N2O8/c1-41(2)15-13-16-42(3)52-28-29-53-51-27-24-44-35-50(30-32-57(44,4)54(51)31-33-58(52,53)5)68-56(66)21-12-8-10-18-47(63)38-59-37-43-22-25-49(26-23-43)67-34-14-19-46(62)17-9-6-7-11-20-55(65)60-39-48(64)36-45(60)40-61/h22-26,37,41-42,45,48,50-54,61,64H,6-21,27-36,38-40H2,1-5H3/t42-,45+,48-,50+,51?,52-,53?,54?,57+,58-/m1/s1. The van der Waals surface area contributed by atoms with Crippen molar-refractivity contribution in [3.63, 3.8) is 0 Å². The predicted octanol–water partition coefficient (Wildman–Crippen LogP) is 11.6. The summed E-state index contributed by atoms with van der Waals surface area (Å²) in [6.45, 7) is 13.3. The fraction of sp³-hybridized carbons (Fsp3) is 0.776. The molecule has 4 aliphatic carbocycles. The van der Waals surface area contributed by atoms with E-state index in [1.165, 1.54) is 51.4 Å². The molecule has 1 saturated heterocycles. The largest absolute Gasteiger partial charge is 0.494 e. The highest BCUT2D eigenvalue weighted by molar-refractivity contribution is 5.85. The second-order valence-corrected chi connectivity index (χ2v) is 23.0. The Bertz CT molecular complexity index is 1840. The number of ketones is 2. The first-order valence-electron chi connectivity index (χ1n) is 27.4. The van der Waals surface area contributed by atoms with Gasteiger partial charge in [-0.25, -0.2) is 0 Å². The number of aliphatic hydroxyl groups is 2. The van der Waals surface area contributed by atoms with Gasteiger partial charge in [-0.2, -0.15) is 0 Å². The molecule has 5 aliphatic rings. The van der Waals surface area contributed by atoms with Gasteiger partial charge in [0.05, 0.1) is 31.9 Å². The maximum atomic E-state index is 13.0. The van der Waals surface area contributed by atoms with Crippen LogP contribution in [-0.4, -0.2) is 89.3 Å². The summed E-state index contributed by atoms with van der Waals surface area (Å²) in [5.41, 5.74) is 3.20. The van der Waals surface area contributed by atoms with E-state index >= 15 is 0 Å². The molecule has 1 amide bonds. The van der Waals surface area contributed by atoms with Crippen LogP contribution in [0.2, 0.25) is 0 Å². The van der Waals surface area contributed by atoms with Crippen LogP contribution in [0.25, 0.3) is 0 Å². The summed E-state index contributed by atoms with van der Waals surface area (Å²) in [7, 11) is 0.